The van der Waals surface area contributed by atoms with Gasteiger partial charge in [-0.2, -0.15) is 0 Å². The Kier molecular flexibility index (Phi) is 4.60. The van der Waals surface area contributed by atoms with Crippen LogP contribution in [0.5, 0.6) is 0 Å². The Balaban J connectivity index is 2.06. The number of carbonyl (C=O) groups excluding carboxylic acids is 1. The lowest BCUT2D eigenvalue weighted by molar-refractivity contribution is -0.113. The van der Waals surface area contributed by atoms with Gasteiger partial charge in [0.2, 0.25) is 5.91 Å². The molecule has 2 rings (SSSR count). The number of rotatable bonds is 4. The van der Waals surface area contributed by atoms with Crippen molar-refractivity contribution >= 4 is 35.3 Å². The molecule has 0 atom stereocenters. The predicted octanol–water partition coefficient (Wildman–Crippen LogP) is 3.38. The summed E-state index contributed by atoms with van der Waals surface area (Å²) in [4.78, 5) is 16.0. The average Bonchev–Trinajstić information content (AvgIpc) is 2.40. The molecule has 0 unspecified atom stereocenters. The molecule has 2 N–H and O–H groups in total. The van der Waals surface area contributed by atoms with Crippen molar-refractivity contribution in [1.82, 2.24) is 4.98 Å². The van der Waals surface area contributed by atoms with E-state index in [0.717, 1.165) is 15.5 Å². The number of amides is 1. The summed E-state index contributed by atoms with van der Waals surface area (Å²) in [5, 5.41) is 1.59. The molecular formula is C14H11ClN2OS. The summed E-state index contributed by atoms with van der Waals surface area (Å²) in [7, 11) is 0. The van der Waals surface area contributed by atoms with Gasteiger partial charge in [-0.05, 0) is 42.0 Å². The Morgan fingerprint density at radius 1 is 1.21 bits per heavy atom. The van der Waals surface area contributed by atoms with Crippen molar-refractivity contribution in [3.05, 3.63) is 59.3 Å². The fraction of sp³-hybridized carbons (Fsp3) is 0. The number of hydrogen-bond donors (Lipinski definition) is 1. The van der Waals surface area contributed by atoms with E-state index in [2.05, 4.69) is 4.98 Å². The number of halogens is 1. The van der Waals surface area contributed by atoms with E-state index in [9.17, 15) is 4.79 Å². The number of pyridine rings is 1. The van der Waals surface area contributed by atoms with Crippen molar-refractivity contribution in [3.63, 3.8) is 0 Å². The Morgan fingerprint density at radius 3 is 2.53 bits per heavy atom. The van der Waals surface area contributed by atoms with Crippen LogP contribution in [0.25, 0.3) is 6.08 Å². The molecule has 2 aromatic rings. The largest absolute Gasteiger partial charge is 0.366 e. The summed E-state index contributed by atoms with van der Waals surface area (Å²) < 4.78 is 0. The number of aromatic nitrogens is 1. The fourth-order valence-electron chi connectivity index (χ4n) is 1.35. The zero-order valence-corrected chi connectivity index (χ0v) is 11.5. The van der Waals surface area contributed by atoms with E-state index in [4.69, 9.17) is 17.3 Å². The topological polar surface area (TPSA) is 56.0 Å². The van der Waals surface area contributed by atoms with Gasteiger partial charge in [-0.25, -0.2) is 4.98 Å². The van der Waals surface area contributed by atoms with Crippen LogP contribution in [-0.2, 0) is 4.79 Å². The van der Waals surface area contributed by atoms with E-state index >= 15 is 0 Å². The minimum Gasteiger partial charge on any atom is -0.366 e. The van der Waals surface area contributed by atoms with Crippen LogP contribution in [0.15, 0.2) is 58.6 Å². The molecule has 96 valence electrons. The van der Waals surface area contributed by atoms with Gasteiger partial charge < -0.3 is 5.73 Å². The first kappa shape index (κ1) is 13.6. The van der Waals surface area contributed by atoms with Gasteiger partial charge in [0.1, 0.15) is 5.03 Å². The molecule has 1 aromatic carbocycles. The third-order valence-corrected chi connectivity index (χ3v) is 3.45. The fourth-order valence-corrected chi connectivity index (χ4v) is 2.23. The number of carbonyl (C=O) groups is 1. The van der Waals surface area contributed by atoms with Gasteiger partial charge in [-0.15, -0.1) is 0 Å². The number of primary amides is 1. The summed E-state index contributed by atoms with van der Waals surface area (Å²) in [6.07, 6.45) is 4.63. The van der Waals surface area contributed by atoms with Crippen LogP contribution in [0.4, 0.5) is 0 Å². The van der Waals surface area contributed by atoms with Crippen LogP contribution in [-0.4, -0.2) is 10.9 Å². The van der Waals surface area contributed by atoms with Crippen molar-refractivity contribution in [1.29, 1.82) is 0 Å². The maximum absolute atomic E-state index is 10.6. The number of hydrogen-bond acceptors (Lipinski definition) is 3. The molecule has 5 heteroatoms. The molecule has 0 aliphatic carbocycles. The summed E-state index contributed by atoms with van der Waals surface area (Å²) >= 11 is 7.37. The highest BCUT2D eigenvalue weighted by atomic mass is 35.5. The second-order valence-corrected chi connectivity index (χ2v) is 5.25. The molecule has 1 amide bonds. The van der Waals surface area contributed by atoms with Crippen LogP contribution >= 0.6 is 23.4 Å². The lowest BCUT2D eigenvalue weighted by atomic mass is 10.2. The molecule has 0 spiro atoms. The minimum atomic E-state index is -0.473. The lowest BCUT2D eigenvalue weighted by Gasteiger charge is -2.01. The summed E-state index contributed by atoms with van der Waals surface area (Å²) in [5.41, 5.74) is 5.86. The van der Waals surface area contributed by atoms with E-state index in [1.165, 1.54) is 6.08 Å². The average molecular weight is 291 g/mol. The van der Waals surface area contributed by atoms with E-state index in [1.807, 2.05) is 36.4 Å². The SMILES string of the molecule is NC(=O)/C=C\c1ccc(Sc2ccc(Cl)cc2)nc1. The van der Waals surface area contributed by atoms with Crippen molar-refractivity contribution in [2.45, 2.75) is 9.92 Å². The third-order valence-electron chi connectivity index (χ3n) is 2.24. The van der Waals surface area contributed by atoms with E-state index < -0.39 is 5.91 Å². The predicted molar refractivity (Wildman–Crippen MR) is 78.0 cm³/mol. The molecule has 0 aliphatic heterocycles. The van der Waals surface area contributed by atoms with Crippen molar-refractivity contribution in [2.75, 3.05) is 0 Å². The standard InChI is InChI=1S/C14H11ClN2OS/c15-11-3-5-12(6-4-11)19-14-8-2-10(9-17-14)1-7-13(16)18/h1-9H,(H2,16,18)/b7-1-. The van der Waals surface area contributed by atoms with E-state index in [0.29, 0.717) is 5.02 Å². The Hall–Kier alpha value is -1.78. The molecule has 0 aliphatic rings. The minimum absolute atomic E-state index is 0.473. The molecule has 1 heterocycles. The quantitative estimate of drug-likeness (QED) is 0.878. The zero-order chi connectivity index (χ0) is 13.7. The molecule has 0 fully saturated rings. The summed E-state index contributed by atoms with van der Waals surface area (Å²) in [6.45, 7) is 0. The monoisotopic (exact) mass is 290 g/mol. The molecule has 1 aromatic heterocycles. The molecule has 3 nitrogen and oxygen atoms in total. The third kappa shape index (κ3) is 4.43. The summed E-state index contributed by atoms with van der Waals surface area (Å²) in [6, 6.07) is 11.3. The van der Waals surface area contributed by atoms with Gasteiger partial charge in [0.05, 0.1) is 0 Å². The highest BCUT2D eigenvalue weighted by Gasteiger charge is 1.99. The first-order valence-electron chi connectivity index (χ1n) is 5.50. The second kappa shape index (κ2) is 6.41. The van der Waals surface area contributed by atoms with E-state index in [1.54, 1.807) is 24.0 Å². The van der Waals surface area contributed by atoms with Crippen molar-refractivity contribution in [2.24, 2.45) is 5.73 Å². The van der Waals surface area contributed by atoms with Crippen LogP contribution in [0.1, 0.15) is 5.56 Å². The van der Waals surface area contributed by atoms with Crippen LogP contribution in [0.3, 0.4) is 0 Å². The first-order chi connectivity index (χ1) is 9.13. The van der Waals surface area contributed by atoms with Crippen molar-refractivity contribution in [3.8, 4) is 0 Å². The molecule has 0 saturated heterocycles. The van der Waals surface area contributed by atoms with Gasteiger partial charge in [-0.1, -0.05) is 29.4 Å². The molecule has 0 bridgehead atoms. The zero-order valence-electron chi connectivity index (χ0n) is 9.92. The van der Waals surface area contributed by atoms with E-state index in [-0.39, 0.29) is 0 Å². The molecule has 0 radical (unpaired) electrons. The van der Waals surface area contributed by atoms with Gasteiger partial charge in [0, 0.05) is 22.2 Å². The maximum Gasteiger partial charge on any atom is 0.241 e. The van der Waals surface area contributed by atoms with Crippen LogP contribution in [0.2, 0.25) is 5.02 Å². The molecule has 0 saturated carbocycles. The van der Waals surface area contributed by atoms with Gasteiger partial charge in [0.25, 0.3) is 0 Å². The number of nitrogens with zero attached hydrogens (tertiary/aromatic N) is 1. The normalized spacial score (nSPS) is 10.8. The number of nitrogens with two attached hydrogens (primary N) is 1. The first-order valence-corrected chi connectivity index (χ1v) is 6.70. The Morgan fingerprint density at radius 2 is 1.95 bits per heavy atom. The second-order valence-electron chi connectivity index (χ2n) is 3.72. The highest BCUT2D eigenvalue weighted by Crippen LogP contribution is 2.27. The Labute approximate surface area is 120 Å². The van der Waals surface area contributed by atoms with Crippen LogP contribution in [0, 0.1) is 0 Å². The number of benzene rings is 1. The van der Waals surface area contributed by atoms with Crippen LogP contribution < -0.4 is 5.73 Å². The van der Waals surface area contributed by atoms with Gasteiger partial charge in [-0.3, -0.25) is 4.79 Å². The highest BCUT2D eigenvalue weighted by molar-refractivity contribution is 7.99. The molecule has 19 heavy (non-hydrogen) atoms. The smallest absolute Gasteiger partial charge is 0.241 e. The van der Waals surface area contributed by atoms with Gasteiger partial charge >= 0.3 is 0 Å². The Bertz CT molecular complexity index is 594. The lowest BCUT2D eigenvalue weighted by Crippen LogP contribution is -2.05. The van der Waals surface area contributed by atoms with Crippen molar-refractivity contribution < 1.29 is 4.79 Å². The maximum atomic E-state index is 10.6. The molecular weight excluding hydrogens is 280 g/mol. The summed E-state index contributed by atoms with van der Waals surface area (Å²) in [5.74, 6) is -0.473. The van der Waals surface area contributed by atoms with Gasteiger partial charge in [0.15, 0.2) is 0 Å².